The fraction of sp³-hybridized carbons (Fsp3) is 0.842. The Kier molecular flexibility index (Phi) is 16.1. The van der Waals surface area contributed by atoms with Crippen molar-refractivity contribution in [2.75, 3.05) is 12.0 Å². The largest absolute Gasteiger partial charge is 0.480 e. The molecule has 0 aliphatic heterocycles. The summed E-state index contributed by atoms with van der Waals surface area (Å²) in [6.45, 7) is 2.20. The van der Waals surface area contributed by atoms with Gasteiger partial charge < -0.3 is 15.5 Å². The van der Waals surface area contributed by atoms with Crippen LogP contribution in [0.2, 0.25) is 0 Å². The third-order valence-electron chi connectivity index (χ3n) is 4.34. The highest BCUT2D eigenvalue weighted by atomic mass is 32.2. The number of unbranched alkanes of at least 4 members (excludes halogenated alkanes) is 8. The first kappa shape index (κ1) is 25.7. The van der Waals surface area contributed by atoms with Crippen LogP contribution in [0, 0.1) is 0 Å². The van der Waals surface area contributed by atoms with Crippen molar-refractivity contribution >= 4 is 29.6 Å². The van der Waals surface area contributed by atoms with Gasteiger partial charge in [0.1, 0.15) is 6.04 Å². The first-order chi connectivity index (χ1) is 12.9. The summed E-state index contributed by atoms with van der Waals surface area (Å²) in [5, 5.41) is 23.3. The molecular weight excluding hydrogens is 368 g/mol. The Morgan fingerprint density at radius 2 is 1.44 bits per heavy atom. The zero-order valence-electron chi connectivity index (χ0n) is 16.7. The number of thioether (sulfide) groups is 1. The molecule has 0 aromatic heterocycles. The molecule has 0 saturated carbocycles. The molecule has 0 saturated heterocycles. The second-order valence-corrected chi connectivity index (χ2v) is 7.74. The van der Waals surface area contributed by atoms with Crippen molar-refractivity contribution < 1.29 is 24.6 Å². The van der Waals surface area contributed by atoms with Crippen LogP contribution in [0.4, 0.5) is 0 Å². The Labute approximate surface area is 167 Å². The number of amides is 1. The Morgan fingerprint density at radius 1 is 0.889 bits per heavy atom. The zero-order chi connectivity index (χ0) is 20.5. The summed E-state index contributed by atoms with van der Waals surface area (Å²) in [7, 11) is 0. The molecule has 1 amide bonds. The molecule has 158 valence electrons. The summed E-state index contributed by atoms with van der Waals surface area (Å²) in [6.07, 6.45) is 11.2. The van der Waals surface area contributed by atoms with E-state index in [2.05, 4.69) is 17.6 Å². The summed E-state index contributed by atoms with van der Waals surface area (Å²) in [4.78, 5) is 34.5. The van der Waals surface area contributed by atoms with Gasteiger partial charge in [0.2, 0.25) is 5.91 Å². The lowest BCUT2D eigenvalue weighted by Crippen LogP contribution is -2.56. The molecule has 8 heteroatoms. The Morgan fingerprint density at radius 3 is 1.93 bits per heavy atom. The monoisotopic (exact) mass is 404 g/mol. The molecule has 27 heavy (non-hydrogen) atoms. The van der Waals surface area contributed by atoms with E-state index in [1.165, 1.54) is 50.3 Å². The minimum absolute atomic E-state index is 0.254. The van der Waals surface area contributed by atoms with E-state index >= 15 is 0 Å². The van der Waals surface area contributed by atoms with Crippen LogP contribution < -0.4 is 10.6 Å². The molecule has 0 aliphatic carbocycles. The number of carboxylic acids is 2. The number of carboxylic acid groups (broad SMARTS) is 2. The molecule has 7 nitrogen and oxygen atoms in total. The summed E-state index contributed by atoms with van der Waals surface area (Å²) in [5.74, 6) is -2.19. The van der Waals surface area contributed by atoms with Gasteiger partial charge in [-0.25, -0.2) is 4.79 Å². The van der Waals surface area contributed by atoms with Crippen molar-refractivity contribution in [1.29, 1.82) is 0 Å². The lowest BCUT2D eigenvalue weighted by molar-refractivity contribution is -0.145. The van der Waals surface area contributed by atoms with Crippen LogP contribution >= 0.6 is 11.8 Å². The SMILES string of the molecule is CCCCCCCCCCCC(=O)NC(NC(CCSC)C(=O)O)C(=O)O. The molecule has 0 aromatic rings. The average Bonchev–Trinajstić information content (AvgIpc) is 2.62. The first-order valence-corrected chi connectivity index (χ1v) is 11.3. The fourth-order valence-corrected chi connectivity index (χ4v) is 3.19. The van der Waals surface area contributed by atoms with Gasteiger partial charge in [0.05, 0.1) is 0 Å². The number of carbonyl (C=O) groups excluding carboxylic acids is 1. The van der Waals surface area contributed by atoms with Gasteiger partial charge in [-0.3, -0.25) is 14.9 Å². The van der Waals surface area contributed by atoms with Crippen LogP contribution in [0.3, 0.4) is 0 Å². The van der Waals surface area contributed by atoms with E-state index in [-0.39, 0.29) is 18.7 Å². The topological polar surface area (TPSA) is 116 Å². The Balaban J connectivity index is 4.07. The summed E-state index contributed by atoms with van der Waals surface area (Å²) >= 11 is 1.48. The molecular formula is C19H36N2O5S. The third-order valence-corrected chi connectivity index (χ3v) is 4.98. The van der Waals surface area contributed by atoms with E-state index in [0.29, 0.717) is 12.2 Å². The van der Waals surface area contributed by atoms with E-state index in [1.807, 2.05) is 6.26 Å². The van der Waals surface area contributed by atoms with E-state index in [9.17, 15) is 24.6 Å². The number of carbonyl (C=O) groups is 3. The molecule has 0 bridgehead atoms. The van der Waals surface area contributed by atoms with Gasteiger partial charge in [0.25, 0.3) is 0 Å². The quantitative estimate of drug-likeness (QED) is 0.205. The van der Waals surface area contributed by atoms with Crippen molar-refractivity contribution in [3.05, 3.63) is 0 Å². The number of rotatable bonds is 18. The van der Waals surface area contributed by atoms with Gasteiger partial charge in [-0.1, -0.05) is 58.3 Å². The second kappa shape index (κ2) is 16.9. The average molecular weight is 405 g/mol. The Bertz CT molecular complexity index is 434. The van der Waals surface area contributed by atoms with Gasteiger partial charge >= 0.3 is 11.9 Å². The number of hydrogen-bond donors (Lipinski definition) is 4. The van der Waals surface area contributed by atoms with Crippen LogP contribution in [0.15, 0.2) is 0 Å². The van der Waals surface area contributed by atoms with E-state index in [4.69, 9.17) is 0 Å². The van der Waals surface area contributed by atoms with Crippen LogP contribution in [0.1, 0.15) is 77.6 Å². The summed E-state index contributed by atoms with van der Waals surface area (Å²) in [5.41, 5.74) is 0. The van der Waals surface area contributed by atoms with Crippen LogP contribution in [0.5, 0.6) is 0 Å². The molecule has 0 aromatic carbocycles. The normalized spacial score (nSPS) is 13.1. The molecule has 0 aliphatic rings. The van der Waals surface area contributed by atoms with Crippen molar-refractivity contribution in [2.45, 2.75) is 89.8 Å². The minimum atomic E-state index is -1.39. The van der Waals surface area contributed by atoms with Crippen LogP contribution in [0.25, 0.3) is 0 Å². The van der Waals surface area contributed by atoms with Gasteiger partial charge in [-0.2, -0.15) is 11.8 Å². The van der Waals surface area contributed by atoms with E-state index < -0.39 is 24.1 Å². The highest BCUT2D eigenvalue weighted by Crippen LogP contribution is 2.10. The molecule has 2 atom stereocenters. The molecule has 2 unspecified atom stereocenters. The maximum Gasteiger partial charge on any atom is 0.341 e. The van der Waals surface area contributed by atoms with Crippen LogP contribution in [-0.2, 0) is 14.4 Å². The molecule has 0 fully saturated rings. The molecule has 4 N–H and O–H groups in total. The standard InChI is InChI=1S/C19H36N2O5S/c1-3-4-5-6-7-8-9-10-11-12-16(22)21-17(19(25)26)20-15(18(23)24)13-14-27-2/h15,17,20H,3-14H2,1-2H3,(H,21,22)(H,23,24)(H,25,26). The molecule has 0 spiro atoms. The third kappa shape index (κ3) is 14.4. The van der Waals surface area contributed by atoms with Crippen molar-refractivity contribution in [2.24, 2.45) is 0 Å². The lowest BCUT2D eigenvalue weighted by atomic mass is 10.1. The summed E-state index contributed by atoms with van der Waals surface area (Å²) < 4.78 is 0. The number of hydrogen-bond acceptors (Lipinski definition) is 5. The van der Waals surface area contributed by atoms with Gasteiger partial charge in [0, 0.05) is 6.42 Å². The summed E-state index contributed by atoms with van der Waals surface area (Å²) in [6, 6.07) is -1.01. The highest BCUT2D eigenvalue weighted by molar-refractivity contribution is 7.98. The Hall–Kier alpha value is -1.28. The molecule has 0 rings (SSSR count). The lowest BCUT2D eigenvalue weighted by Gasteiger charge is -2.21. The zero-order valence-corrected chi connectivity index (χ0v) is 17.5. The predicted molar refractivity (Wildman–Crippen MR) is 109 cm³/mol. The van der Waals surface area contributed by atoms with E-state index in [0.717, 1.165) is 12.8 Å². The number of nitrogens with one attached hydrogen (secondary N) is 2. The maximum absolute atomic E-state index is 12.0. The van der Waals surface area contributed by atoms with Gasteiger partial charge in [-0.05, 0) is 24.9 Å². The fourth-order valence-electron chi connectivity index (χ4n) is 2.72. The van der Waals surface area contributed by atoms with Crippen LogP contribution in [-0.4, -0.2) is 52.3 Å². The predicted octanol–water partition coefficient (Wildman–Crippen LogP) is 3.23. The smallest absolute Gasteiger partial charge is 0.341 e. The van der Waals surface area contributed by atoms with Crippen molar-refractivity contribution in [3.63, 3.8) is 0 Å². The second-order valence-electron chi connectivity index (χ2n) is 6.76. The maximum atomic E-state index is 12.0. The minimum Gasteiger partial charge on any atom is -0.480 e. The van der Waals surface area contributed by atoms with E-state index in [1.54, 1.807) is 0 Å². The van der Waals surface area contributed by atoms with Gasteiger partial charge in [0.15, 0.2) is 6.17 Å². The molecule has 0 heterocycles. The first-order valence-electron chi connectivity index (χ1n) is 9.92. The van der Waals surface area contributed by atoms with Gasteiger partial charge in [-0.15, -0.1) is 0 Å². The highest BCUT2D eigenvalue weighted by Gasteiger charge is 2.26. The van der Waals surface area contributed by atoms with Crippen molar-refractivity contribution in [3.8, 4) is 0 Å². The van der Waals surface area contributed by atoms with Crippen molar-refractivity contribution in [1.82, 2.24) is 10.6 Å². The molecule has 0 radical (unpaired) electrons. The number of aliphatic carboxylic acids is 2.